The molecular weight excluding hydrogens is 280 g/mol. The van der Waals surface area contributed by atoms with Gasteiger partial charge in [-0.25, -0.2) is 0 Å². The van der Waals surface area contributed by atoms with Crippen LogP contribution in [0.1, 0.15) is 64.2 Å². The van der Waals surface area contributed by atoms with Gasteiger partial charge in [0, 0.05) is 12.8 Å². The lowest BCUT2D eigenvalue weighted by molar-refractivity contribution is -0.137. The van der Waals surface area contributed by atoms with Gasteiger partial charge in [-0.05, 0) is 56.8 Å². The molecule has 2 aliphatic heterocycles. The van der Waals surface area contributed by atoms with E-state index in [1.54, 1.807) is 0 Å². The second kappa shape index (κ2) is 9.09. The van der Waals surface area contributed by atoms with Crippen molar-refractivity contribution in [2.45, 2.75) is 76.4 Å². The lowest BCUT2D eigenvalue weighted by Gasteiger charge is -2.27. The lowest BCUT2D eigenvalue weighted by Crippen LogP contribution is -2.26. The maximum absolute atomic E-state index is 10.5. The van der Waals surface area contributed by atoms with Crippen LogP contribution in [-0.2, 0) is 14.3 Å². The number of hydrogen-bond donors (Lipinski definition) is 1. The number of fused-ring (bicyclic) bond motifs is 2. The van der Waals surface area contributed by atoms with E-state index in [1.807, 2.05) is 0 Å². The van der Waals surface area contributed by atoms with Crippen LogP contribution in [0.25, 0.3) is 0 Å². The Hall–Kier alpha value is -1.16. The second-order valence-corrected chi connectivity index (χ2v) is 6.56. The lowest BCUT2D eigenvalue weighted by atomic mass is 9.75. The minimum atomic E-state index is -0.717. The molecule has 0 aromatic heterocycles. The van der Waals surface area contributed by atoms with E-state index in [9.17, 15) is 9.59 Å². The molecule has 2 fully saturated rings. The Morgan fingerprint density at radius 1 is 1.05 bits per heavy atom. The van der Waals surface area contributed by atoms with Crippen molar-refractivity contribution >= 4 is 12.3 Å². The number of carboxylic acids is 1. The number of allylic oxidation sites excluding steroid dienone is 2. The highest BCUT2D eigenvalue weighted by molar-refractivity contribution is 5.66. The first-order chi connectivity index (χ1) is 10.7. The summed E-state index contributed by atoms with van der Waals surface area (Å²) in [5.74, 6) is 0.546. The number of aldehydes is 1. The molecule has 124 valence electrons. The van der Waals surface area contributed by atoms with Gasteiger partial charge in [-0.3, -0.25) is 4.79 Å². The summed E-state index contributed by atoms with van der Waals surface area (Å²) in [4.78, 5) is 20.8. The van der Waals surface area contributed by atoms with Gasteiger partial charge in [-0.2, -0.15) is 0 Å². The van der Waals surface area contributed by atoms with Crippen molar-refractivity contribution in [3.8, 4) is 0 Å². The minimum absolute atomic E-state index is 0.251. The third-order valence-electron chi connectivity index (χ3n) is 5.04. The zero-order valence-electron chi connectivity index (χ0n) is 13.3. The van der Waals surface area contributed by atoms with E-state index in [1.165, 1.54) is 19.3 Å². The van der Waals surface area contributed by atoms with Gasteiger partial charge in [-0.1, -0.05) is 18.6 Å². The monoisotopic (exact) mass is 308 g/mol. The van der Waals surface area contributed by atoms with Crippen LogP contribution >= 0.6 is 0 Å². The van der Waals surface area contributed by atoms with Crippen LogP contribution in [0, 0.1) is 11.8 Å². The second-order valence-electron chi connectivity index (χ2n) is 6.56. The largest absolute Gasteiger partial charge is 0.481 e. The van der Waals surface area contributed by atoms with Gasteiger partial charge in [0.25, 0.3) is 0 Å². The van der Waals surface area contributed by atoms with Crippen molar-refractivity contribution in [1.82, 2.24) is 0 Å². The Morgan fingerprint density at radius 3 is 2.55 bits per heavy atom. The Morgan fingerprint density at radius 2 is 1.82 bits per heavy atom. The summed E-state index contributed by atoms with van der Waals surface area (Å²) in [5.41, 5.74) is 0. The molecule has 0 radical (unpaired) electrons. The Kier molecular flexibility index (Phi) is 7.10. The van der Waals surface area contributed by atoms with Crippen molar-refractivity contribution in [3.05, 3.63) is 12.2 Å². The summed E-state index contributed by atoms with van der Waals surface area (Å²) in [5, 5.41) is 8.61. The van der Waals surface area contributed by atoms with Gasteiger partial charge in [0.15, 0.2) is 0 Å². The van der Waals surface area contributed by atoms with Gasteiger partial charge >= 0.3 is 5.97 Å². The highest BCUT2D eigenvalue weighted by Crippen LogP contribution is 2.47. The summed E-state index contributed by atoms with van der Waals surface area (Å²) < 4.78 is 6.08. The Bertz CT molecular complexity index is 391. The summed E-state index contributed by atoms with van der Waals surface area (Å²) in [6, 6.07) is 0. The highest BCUT2D eigenvalue weighted by atomic mass is 16.5. The molecule has 2 bridgehead atoms. The van der Waals surface area contributed by atoms with Gasteiger partial charge < -0.3 is 14.6 Å². The third-order valence-corrected chi connectivity index (χ3v) is 5.04. The van der Waals surface area contributed by atoms with Gasteiger partial charge in [0.1, 0.15) is 6.29 Å². The van der Waals surface area contributed by atoms with E-state index >= 15 is 0 Å². The molecule has 22 heavy (non-hydrogen) atoms. The van der Waals surface area contributed by atoms with E-state index in [4.69, 9.17) is 9.84 Å². The zero-order valence-corrected chi connectivity index (χ0v) is 13.3. The van der Waals surface area contributed by atoms with E-state index in [0.717, 1.165) is 32.0 Å². The summed E-state index contributed by atoms with van der Waals surface area (Å²) in [6.45, 7) is 0. The molecule has 2 saturated heterocycles. The molecule has 2 rings (SSSR count). The van der Waals surface area contributed by atoms with E-state index < -0.39 is 5.97 Å². The van der Waals surface area contributed by atoms with Gasteiger partial charge in [0.05, 0.1) is 12.2 Å². The molecule has 0 saturated carbocycles. The SMILES string of the molecule is O=CCCCC[C@@H]1[C@H](C/C=C\CCCC(=O)O)[C@@H]2CC[C@H]1O2. The maximum Gasteiger partial charge on any atom is 0.303 e. The number of carbonyl (C=O) groups excluding carboxylic acids is 1. The van der Waals surface area contributed by atoms with Gasteiger partial charge in [-0.15, -0.1) is 0 Å². The van der Waals surface area contributed by atoms with Crippen molar-refractivity contribution in [2.24, 2.45) is 11.8 Å². The number of aliphatic carboxylic acids is 1. The first-order valence-electron chi connectivity index (χ1n) is 8.68. The molecule has 1 N–H and O–H groups in total. The van der Waals surface area contributed by atoms with Crippen LogP contribution in [0.2, 0.25) is 0 Å². The summed E-state index contributed by atoms with van der Waals surface area (Å²) >= 11 is 0. The predicted octanol–water partition coefficient (Wildman–Crippen LogP) is 3.74. The van der Waals surface area contributed by atoms with E-state index in [0.29, 0.717) is 36.9 Å². The molecule has 0 aliphatic carbocycles. The number of carbonyl (C=O) groups is 2. The molecule has 2 aliphatic rings. The van der Waals surface area contributed by atoms with Crippen LogP contribution in [0.15, 0.2) is 12.2 Å². The Labute approximate surface area is 132 Å². The number of ether oxygens (including phenoxy) is 1. The molecule has 0 aromatic carbocycles. The molecule has 4 nitrogen and oxygen atoms in total. The molecule has 2 heterocycles. The number of carboxylic acid groups (broad SMARTS) is 1. The topological polar surface area (TPSA) is 63.6 Å². The van der Waals surface area contributed by atoms with Crippen molar-refractivity contribution in [2.75, 3.05) is 0 Å². The standard InChI is InChI=1S/C18H28O4/c19-13-7-3-5-9-15-14(16-11-12-17(15)22-16)8-4-1-2-6-10-18(20)21/h1,4,13-17H,2-3,5-12H2,(H,20,21)/b4-1-/t14-,15+,16-,17+/m0/s1. The fourth-order valence-electron chi connectivity index (χ4n) is 3.95. The molecule has 0 amide bonds. The van der Waals surface area contributed by atoms with Crippen LogP contribution in [-0.4, -0.2) is 29.6 Å². The summed E-state index contributed by atoms with van der Waals surface area (Å²) in [6.07, 6.45) is 15.4. The van der Waals surface area contributed by atoms with Crippen molar-refractivity contribution in [1.29, 1.82) is 0 Å². The Balaban J connectivity index is 1.71. The number of hydrogen-bond acceptors (Lipinski definition) is 3. The van der Waals surface area contributed by atoms with Gasteiger partial charge in [0.2, 0.25) is 0 Å². The average molecular weight is 308 g/mol. The quantitative estimate of drug-likeness (QED) is 0.359. The maximum atomic E-state index is 10.5. The fraction of sp³-hybridized carbons (Fsp3) is 0.778. The predicted molar refractivity (Wildman–Crippen MR) is 84.7 cm³/mol. The van der Waals surface area contributed by atoms with Crippen molar-refractivity contribution < 1.29 is 19.4 Å². The fourth-order valence-corrected chi connectivity index (χ4v) is 3.95. The van der Waals surface area contributed by atoms with Crippen LogP contribution in [0.3, 0.4) is 0 Å². The smallest absolute Gasteiger partial charge is 0.303 e. The molecule has 0 aromatic rings. The summed E-state index contributed by atoms with van der Waals surface area (Å²) in [7, 11) is 0. The first-order valence-corrected chi connectivity index (χ1v) is 8.68. The minimum Gasteiger partial charge on any atom is -0.481 e. The van der Waals surface area contributed by atoms with Crippen LogP contribution in [0.4, 0.5) is 0 Å². The van der Waals surface area contributed by atoms with Crippen molar-refractivity contribution in [3.63, 3.8) is 0 Å². The van der Waals surface area contributed by atoms with Crippen LogP contribution < -0.4 is 0 Å². The van der Waals surface area contributed by atoms with E-state index in [-0.39, 0.29) is 6.42 Å². The molecule has 0 unspecified atom stereocenters. The third kappa shape index (κ3) is 4.94. The molecule has 0 spiro atoms. The zero-order chi connectivity index (χ0) is 15.8. The molecule has 4 atom stereocenters. The molecule has 4 heteroatoms. The van der Waals surface area contributed by atoms with E-state index in [2.05, 4.69) is 12.2 Å². The highest BCUT2D eigenvalue weighted by Gasteiger charge is 2.47. The molecular formula is C18H28O4. The average Bonchev–Trinajstić information content (AvgIpc) is 3.08. The first kappa shape index (κ1) is 17.2. The number of rotatable bonds is 11. The number of unbranched alkanes of at least 4 members (excludes halogenated alkanes) is 3. The normalized spacial score (nSPS) is 30.2. The van der Waals surface area contributed by atoms with Crippen LogP contribution in [0.5, 0.6) is 0 Å².